The minimum absolute atomic E-state index is 0.373. The van der Waals surface area contributed by atoms with Gasteiger partial charge in [-0.2, -0.15) is 0 Å². The highest BCUT2D eigenvalue weighted by Crippen LogP contribution is 2.32. The number of carbonyl (C=O) groups excluding carboxylic acids is 1. The Bertz CT molecular complexity index is 284. The van der Waals surface area contributed by atoms with Crippen LogP contribution in [0, 0.1) is 17.8 Å². The van der Waals surface area contributed by atoms with E-state index in [4.69, 9.17) is 5.73 Å². The van der Waals surface area contributed by atoms with E-state index in [1.807, 2.05) is 0 Å². The molecule has 2 rings (SSSR count). The Morgan fingerprint density at radius 1 is 1.17 bits per heavy atom. The lowest BCUT2D eigenvalue weighted by molar-refractivity contribution is -0.133. The van der Waals surface area contributed by atoms with E-state index >= 15 is 0 Å². The van der Waals surface area contributed by atoms with Gasteiger partial charge in [0.15, 0.2) is 0 Å². The van der Waals surface area contributed by atoms with Crippen LogP contribution in [0.4, 0.5) is 0 Å². The zero-order valence-corrected chi connectivity index (χ0v) is 11.9. The highest BCUT2D eigenvalue weighted by molar-refractivity contribution is 5.77. The molecule has 2 unspecified atom stereocenters. The van der Waals surface area contributed by atoms with E-state index in [1.165, 1.54) is 25.7 Å². The second kappa shape index (κ2) is 6.05. The molecule has 1 aliphatic carbocycles. The number of carbonyl (C=O) groups is 1. The van der Waals surface area contributed by atoms with Crippen LogP contribution in [0.25, 0.3) is 0 Å². The molecule has 1 amide bonds. The Kier molecular flexibility index (Phi) is 4.66. The molecule has 2 fully saturated rings. The highest BCUT2D eigenvalue weighted by atomic mass is 16.2. The van der Waals surface area contributed by atoms with Crippen molar-refractivity contribution in [1.82, 2.24) is 4.90 Å². The molecule has 2 N–H and O–H groups in total. The summed E-state index contributed by atoms with van der Waals surface area (Å²) >= 11 is 0. The maximum absolute atomic E-state index is 12.4. The van der Waals surface area contributed by atoms with Gasteiger partial charge in [0, 0.05) is 19.0 Å². The van der Waals surface area contributed by atoms with E-state index in [0.717, 1.165) is 31.8 Å². The molecule has 1 heterocycles. The van der Waals surface area contributed by atoms with Crippen molar-refractivity contribution in [1.29, 1.82) is 0 Å². The van der Waals surface area contributed by atoms with Gasteiger partial charge in [-0.15, -0.1) is 0 Å². The first-order chi connectivity index (χ1) is 8.60. The first-order valence-electron chi connectivity index (χ1n) is 7.59. The van der Waals surface area contributed by atoms with Crippen LogP contribution in [0.2, 0.25) is 0 Å². The predicted octanol–water partition coefficient (Wildman–Crippen LogP) is 2.40. The van der Waals surface area contributed by atoms with Gasteiger partial charge in [0.05, 0.1) is 0 Å². The van der Waals surface area contributed by atoms with Gasteiger partial charge in [-0.1, -0.05) is 19.8 Å². The van der Waals surface area contributed by atoms with Gasteiger partial charge in [0.25, 0.3) is 0 Å². The molecule has 0 spiro atoms. The zero-order chi connectivity index (χ0) is 13.1. The number of nitrogens with zero attached hydrogens (tertiary/aromatic N) is 1. The molecule has 3 nitrogen and oxygen atoms in total. The third-order valence-electron chi connectivity index (χ3n) is 4.91. The molecule has 2 atom stereocenters. The number of rotatable bonds is 3. The molecule has 2 aliphatic rings. The third kappa shape index (κ3) is 3.25. The second-order valence-corrected chi connectivity index (χ2v) is 6.56. The van der Waals surface area contributed by atoms with E-state index in [2.05, 4.69) is 18.7 Å². The van der Waals surface area contributed by atoms with Crippen molar-refractivity contribution in [3.63, 3.8) is 0 Å². The minimum atomic E-state index is 0.373. The second-order valence-electron chi connectivity index (χ2n) is 6.56. The predicted molar refractivity (Wildman–Crippen MR) is 74.1 cm³/mol. The van der Waals surface area contributed by atoms with E-state index in [-0.39, 0.29) is 0 Å². The molecule has 1 saturated heterocycles. The van der Waals surface area contributed by atoms with Gasteiger partial charge in [-0.05, 0) is 50.5 Å². The fourth-order valence-corrected chi connectivity index (χ4v) is 3.56. The van der Waals surface area contributed by atoms with Crippen LogP contribution in [-0.4, -0.2) is 29.9 Å². The average Bonchev–Trinajstić information content (AvgIpc) is 2.73. The fourth-order valence-electron chi connectivity index (χ4n) is 3.56. The van der Waals surface area contributed by atoms with Crippen molar-refractivity contribution < 1.29 is 4.79 Å². The Hall–Kier alpha value is -0.570. The van der Waals surface area contributed by atoms with Crippen LogP contribution < -0.4 is 5.73 Å². The van der Waals surface area contributed by atoms with Crippen molar-refractivity contribution in [3.05, 3.63) is 0 Å². The van der Waals surface area contributed by atoms with Crippen LogP contribution in [0.5, 0.6) is 0 Å². The molecule has 0 aromatic carbocycles. The smallest absolute Gasteiger partial charge is 0.223 e. The molecule has 0 radical (unpaired) electrons. The summed E-state index contributed by atoms with van der Waals surface area (Å²) in [5.41, 5.74) is 5.72. The normalized spacial score (nSPS) is 36.9. The lowest BCUT2D eigenvalue weighted by Crippen LogP contribution is -2.36. The Labute approximate surface area is 111 Å². The van der Waals surface area contributed by atoms with E-state index in [0.29, 0.717) is 23.8 Å². The first-order valence-corrected chi connectivity index (χ1v) is 7.59. The minimum Gasteiger partial charge on any atom is -0.340 e. The summed E-state index contributed by atoms with van der Waals surface area (Å²) in [5.74, 6) is 2.40. The summed E-state index contributed by atoms with van der Waals surface area (Å²) in [4.78, 5) is 14.4. The summed E-state index contributed by atoms with van der Waals surface area (Å²) in [5, 5.41) is 0. The molecule has 0 aromatic heterocycles. The maximum atomic E-state index is 12.4. The van der Waals surface area contributed by atoms with Gasteiger partial charge in [0.2, 0.25) is 5.91 Å². The summed E-state index contributed by atoms with van der Waals surface area (Å²) in [7, 11) is 0. The zero-order valence-electron chi connectivity index (χ0n) is 11.9. The summed E-state index contributed by atoms with van der Waals surface area (Å²) in [6.45, 7) is 6.09. The number of amides is 1. The molecule has 104 valence electrons. The highest BCUT2D eigenvalue weighted by Gasteiger charge is 2.32. The topological polar surface area (TPSA) is 46.3 Å². The summed E-state index contributed by atoms with van der Waals surface area (Å²) in [6.07, 6.45) is 6.96. The van der Waals surface area contributed by atoms with E-state index in [9.17, 15) is 4.79 Å². The number of nitrogens with two attached hydrogens (primary N) is 1. The summed E-state index contributed by atoms with van der Waals surface area (Å²) < 4.78 is 0. The Balaban J connectivity index is 1.81. The first kappa shape index (κ1) is 13.9. The van der Waals surface area contributed by atoms with Crippen LogP contribution in [0.15, 0.2) is 0 Å². The van der Waals surface area contributed by atoms with Crippen molar-refractivity contribution >= 4 is 5.91 Å². The monoisotopic (exact) mass is 252 g/mol. The van der Waals surface area contributed by atoms with E-state index in [1.54, 1.807) is 0 Å². The Morgan fingerprint density at radius 2 is 1.83 bits per heavy atom. The van der Waals surface area contributed by atoms with E-state index < -0.39 is 0 Å². The van der Waals surface area contributed by atoms with Crippen molar-refractivity contribution in [2.24, 2.45) is 23.5 Å². The molecule has 0 aromatic rings. The number of hydrogen-bond acceptors (Lipinski definition) is 2. The maximum Gasteiger partial charge on any atom is 0.223 e. The molecular formula is C15H28N2O. The largest absolute Gasteiger partial charge is 0.340 e. The molecule has 1 aliphatic heterocycles. The number of likely N-dealkylation sites (tertiary alicyclic amines) is 1. The molecule has 0 bridgehead atoms. The van der Waals surface area contributed by atoms with Crippen LogP contribution in [0.1, 0.15) is 52.4 Å². The molecule has 1 saturated carbocycles. The van der Waals surface area contributed by atoms with Crippen LogP contribution in [0.3, 0.4) is 0 Å². The van der Waals surface area contributed by atoms with Gasteiger partial charge < -0.3 is 10.6 Å². The molecule has 18 heavy (non-hydrogen) atoms. The van der Waals surface area contributed by atoms with Crippen molar-refractivity contribution in [2.75, 3.05) is 13.1 Å². The van der Waals surface area contributed by atoms with Gasteiger partial charge >= 0.3 is 0 Å². The molecule has 3 heteroatoms. The van der Waals surface area contributed by atoms with Crippen molar-refractivity contribution in [3.8, 4) is 0 Å². The van der Waals surface area contributed by atoms with Gasteiger partial charge in [-0.3, -0.25) is 4.79 Å². The quantitative estimate of drug-likeness (QED) is 0.838. The fraction of sp³-hybridized carbons (Fsp3) is 0.933. The lowest BCUT2D eigenvalue weighted by Gasteiger charge is -2.28. The van der Waals surface area contributed by atoms with Gasteiger partial charge in [0.1, 0.15) is 0 Å². The standard InChI is InChI=1S/C15H28N2O/c1-11-3-5-13(6-4-11)8-15(18)17-10-14(9-16)7-12(17)2/h11-14H,3-10,16H2,1-2H3. The van der Waals surface area contributed by atoms with Crippen LogP contribution >= 0.6 is 0 Å². The van der Waals surface area contributed by atoms with Crippen LogP contribution in [-0.2, 0) is 4.79 Å². The third-order valence-corrected chi connectivity index (χ3v) is 4.91. The summed E-state index contributed by atoms with van der Waals surface area (Å²) in [6, 6.07) is 0.397. The lowest BCUT2D eigenvalue weighted by atomic mass is 9.81. The number of hydrogen-bond donors (Lipinski definition) is 1. The Morgan fingerprint density at radius 3 is 2.39 bits per heavy atom. The SMILES string of the molecule is CC1CCC(CC(=O)N2CC(CN)CC2C)CC1. The average molecular weight is 252 g/mol. The van der Waals surface area contributed by atoms with Crippen molar-refractivity contribution in [2.45, 2.75) is 58.4 Å². The van der Waals surface area contributed by atoms with Gasteiger partial charge in [-0.25, -0.2) is 0 Å². The molecular weight excluding hydrogens is 224 g/mol.